The number of aromatic nitrogens is 3. The van der Waals surface area contributed by atoms with Gasteiger partial charge >= 0.3 is 6.18 Å². The van der Waals surface area contributed by atoms with Crippen LogP contribution in [-0.2, 0) is 19.1 Å². The fourth-order valence-corrected chi connectivity index (χ4v) is 3.77. The summed E-state index contributed by atoms with van der Waals surface area (Å²) in [5.41, 5.74) is 2.53. The van der Waals surface area contributed by atoms with E-state index in [0.717, 1.165) is 49.5 Å². The molecule has 1 aliphatic heterocycles. The molecule has 3 heterocycles. The van der Waals surface area contributed by atoms with Crippen molar-refractivity contribution in [1.29, 1.82) is 0 Å². The highest BCUT2D eigenvalue weighted by atomic mass is 19.4. The molecule has 1 aromatic carbocycles. The monoisotopic (exact) mass is 416 g/mol. The zero-order chi connectivity index (χ0) is 21.0. The molecule has 0 aliphatic carbocycles. The highest BCUT2D eigenvalue weighted by Crippen LogP contribution is 2.32. The second kappa shape index (κ2) is 8.87. The molecule has 1 fully saturated rings. The second-order valence-corrected chi connectivity index (χ2v) is 7.42. The van der Waals surface area contributed by atoms with Gasteiger partial charge in [0.15, 0.2) is 0 Å². The van der Waals surface area contributed by atoms with Crippen LogP contribution >= 0.6 is 0 Å². The largest absolute Gasteiger partial charge is 0.493 e. The predicted molar refractivity (Wildman–Crippen MR) is 106 cm³/mol. The number of pyridine rings is 1. The number of nitrogens with zero attached hydrogens (tertiary/aromatic N) is 3. The van der Waals surface area contributed by atoms with E-state index in [1.54, 1.807) is 0 Å². The summed E-state index contributed by atoms with van der Waals surface area (Å²) in [7, 11) is 0. The van der Waals surface area contributed by atoms with Gasteiger partial charge in [0, 0.05) is 31.1 Å². The number of ether oxygens (including phenoxy) is 1. The molecular weight excluding hydrogens is 393 g/mol. The number of H-pyrrole nitrogens is 1. The minimum Gasteiger partial charge on any atom is -0.493 e. The van der Waals surface area contributed by atoms with Crippen LogP contribution in [0.4, 0.5) is 13.2 Å². The maximum Gasteiger partial charge on any atom is 0.416 e. The molecule has 0 saturated carbocycles. The molecule has 158 valence electrons. The van der Waals surface area contributed by atoms with Gasteiger partial charge in [0.1, 0.15) is 5.75 Å². The van der Waals surface area contributed by atoms with E-state index in [1.807, 2.05) is 24.5 Å². The molecule has 2 aromatic heterocycles. The van der Waals surface area contributed by atoms with E-state index in [-0.39, 0.29) is 6.04 Å². The molecule has 1 N–H and O–H groups in total. The molecule has 0 bridgehead atoms. The zero-order valence-electron chi connectivity index (χ0n) is 16.4. The van der Waals surface area contributed by atoms with Crippen molar-refractivity contribution >= 4 is 0 Å². The van der Waals surface area contributed by atoms with Gasteiger partial charge < -0.3 is 4.74 Å². The Hall–Kier alpha value is -2.87. The van der Waals surface area contributed by atoms with Crippen LogP contribution < -0.4 is 4.74 Å². The average molecular weight is 416 g/mol. The standard InChI is InChI=1S/C22H23F3N4O/c23-22(24,25)17-3-5-19(6-4-17)30-13-9-18-14-20(28-27-18)21-2-1-12-29(21)15-16-7-10-26-11-8-16/h3-8,10-11,14,21H,1-2,9,12-13,15H2,(H,27,28). The van der Waals surface area contributed by atoms with Crippen LogP contribution in [0.25, 0.3) is 0 Å². The summed E-state index contributed by atoms with van der Waals surface area (Å²) >= 11 is 0. The van der Waals surface area contributed by atoms with E-state index in [2.05, 4.69) is 26.1 Å². The Morgan fingerprint density at radius 3 is 2.60 bits per heavy atom. The van der Waals surface area contributed by atoms with Gasteiger partial charge in [-0.15, -0.1) is 0 Å². The molecule has 0 amide bonds. The Morgan fingerprint density at radius 1 is 1.10 bits per heavy atom. The first-order chi connectivity index (χ1) is 14.5. The molecule has 30 heavy (non-hydrogen) atoms. The van der Waals surface area contributed by atoms with Gasteiger partial charge in [0.05, 0.1) is 23.9 Å². The number of alkyl halides is 3. The number of likely N-dealkylation sites (tertiary alicyclic amines) is 1. The van der Waals surface area contributed by atoms with Gasteiger partial charge in [0.2, 0.25) is 0 Å². The van der Waals surface area contributed by atoms with Gasteiger partial charge in [-0.1, -0.05) is 0 Å². The molecule has 3 aromatic rings. The van der Waals surface area contributed by atoms with E-state index in [0.29, 0.717) is 18.8 Å². The quantitative estimate of drug-likeness (QED) is 0.602. The Morgan fingerprint density at radius 2 is 1.87 bits per heavy atom. The summed E-state index contributed by atoms with van der Waals surface area (Å²) in [4.78, 5) is 6.49. The minimum atomic E-state index is -4.34. The summed E-state index contributed by atoms with van der Waals surface area (Å²) in [5.74, 6) is 0.419. The van der Waals surface area contributed by atoms with Gasteiger partial charge in [-0.2, -0.15) is 18.3 Å². The predicted octanol–water partition coefficient (Wildman–Crippen LogP) is 4.78. The first kappa shape index (κ1) is 20.4. The maximum absolute atomic E-state index is 12.6. The Bertz CT molecular complexity index is 941. The highest BCUT2D eigenvalue weighted by molar-refractivity contribution is 5.29. The molecule has 4 rings (SSSR count). The van der Waals surface area contributed by atoms with Crippen molar-refractivity contribution in [2.75, 3.05) is 13.2 Å². The van der Waals surface area contributed by atoms with Crippen LogP contribution in [0.5, 0.6) is 5.75 Å². The normalized spacial score (nSPS) is 17.4. The van der Waals surface area contributed by atoms with Gasteiger partial charge in [0.25, 0.3) is 0 Å². The van der Waals surface area contributed by atoms with Crippen molar-refractivity contribution in [3.05, 3.63) is 77.4 Å². The fourth-order valence-electron chi connectivity index (χ4n) is 3.77. The molecule has 1 aliphatic rings. The molecule has 5 nitrogen and oxygen atoms in total. The molecular formula is C22H23F3N4O. The van der Waals surface area contributed by atoms with Gasteiger partial charge in [-0.3, -0.25) is 15.0 Å². The number of rotatable bonds is 7. The van der Waals surface area contributed by atoms with Crippen LogP contribution in [0.3, 0.4) is 0 Å². The van der Waals surface area contributed by atoms with Crippen molar-refractivity contribution in [2.24, 2.45) is 0 Å². The lowest BCUT2D eigenvalue weighted by molar-refractivity contribution is -0.137. The maximum atomic E-state index is 12.6. The second-order valence-electron chi connectivity index (χ2n) is 7.42. The van der Waals surface area contributed by atoms with Crippen LogP contribution in [0, 0.1) is 0 Å². The van der Waals surface area contributed by atoms with Crippen molar-refractivity contribution in [3.63, 3.8) is 0 Å². The molecule has 1 unspecified atom stereocenters. The lowest BCUT2D eigenvalue weighted by Gasteiger charge is -2.22. The van der Waals surface area contributed by atoms with Crippen LogP contribution in [0.1, 0.15) is 41.4 Å². The minimum absolute atomic E-state index is 0.277. The molecule has 8 heteroatoms. The topological polar surface area (TPSA) is 54.0 Å². The summed E-state index contributed by atoms with van der Waals surface area (Å²) in [5, 5.41) is 7.56. The fraction of sp³-hybridized carbons (Fsp3) is 0.364. The van der Waals surface area contributed by atoms with Crippen molar-refractivity contribution < 1.29 is 17.9 Å². The third-order valence-corrected chi connectivity index (χ3v) is 5.31. The first-order valence-electron chi connectivity index (χ1n) is 9.96. The van der Waals surface area contributed by atoms with Crippen LogP contribution in [0.2, 0.25) is 0 Å². The van der Waals surface area contributed by atoms with Crippen molar-refractivity contribution in [3.8, 4) is 5.75 Å². The molecule has 0 spiro atoms. The summed E-state index contributed by atoms with van der Waals surface area (Å²) < 4.78 is 43.4. The number of aromatic amines is 1. The van der Waals surface area contributed by atoms with Crippen LogP contribution in [-0.4, -0.2) is 33.2 Å². The lowest BCUT2D eigenvalue weighted by Crippen LogP contribution is -2.23. The van der Waals surface area contributed by atoms with Crippen molar-refractivity contribution in [1.82, 2.24) is 20.1 Å². The number of hydrogen-bond acceptors (Lipinski definition) is 4. The Labute approximate surface area is 172 Å². The highest BCUT2D eigenvalue weighted by Gasteiger charge is 2.30. The number of nitrogens with one attached hydrogen (secondary N) is 1. The number of halogens is 3. The third kappa shape index (κ3) is 4.99. The third-order valence-electron chi connectivity index (χ3n) is 5.31. The molecule has 1 saturated heterocycles. The molecule has 1 atom stereocenters. The van der Waals surface area contributed by atoms with E-state index in [1.165, 1.54) is 17.7 Å². The van der Waals surface area contributed by atoms with Gasteiger partial charge in [-0.05, 0) is 67.4 Å². The SMILES string of the molecule is FC(F)(F)c1ccc(OCCc2cc(C3CCCN3Cc3ccncc3)n[nH]2)cc1. The van der Waals surface area contributed by atoms with E-state index in [9.17, 15) is 13.2 Å². The average Bonchev–Trinajstić information content (AvgIpc) is 3.38. The van der Waals surface area contributed by atoms with E-state index >= 15 is 0 Å². The summed E-state index contributed by atoms with van der Waals surface area (Å²) in [6.45, 7) is 2.26. The smallest absolute Gasteiger partial charge is 0.416 e. The van der Waals surface area contributed by atoms with E-state index < -0.39 is 11.7 Å². The molecule has 0 radical (unpaired) electrons. The zero-order valence-corrected chi connectivity index (χ0v) is 16.4. The van der Waals surface area contributed by atoms with E-state index in [4.69, 9.17) is 4.74 Å². The van der Waals surface area contributed by atoms with Crippen LogP contribution in [0.15, 0.2) is 54.9 Å². The summed E-state index contributed by atoms with van der Waals surface area (Å²) in [6, 6.07) is 11.1. The van der Waals surface area contributed by atoms with Crippen molar-refractivity contribution in [2.45, 2.75) is 38.0 Å². The Kier molecular flexibility index (Phi) is 6.03. The number of benzene rings is 1. The van der Waals surface area contributed by atoms with Gasteiger partial charge in [-0.25, -0.2) is 0 Å². The Balaban J connectivity index is 1.30. The lowest BCUT2D eigenvalue weighted by atomic mass is 10.1. The summed E-state index contributed by atoms with van der Waals surface area (Å²) in [6.07, 6.45) is 2.08. The first-order valence-corrected chi connectivity index (χ1v) is 9.96. The number of hydrogen-bond donors (Lipinski definition) is 1.